The summed E-state index contributed by atoms with van der Waals surface area (Å²) in [6.07, 6.45) is 3.72. The number of carbonyl (C=O) groups excluding carboxylic acids is 1. The smallest absolute Gasteiger partial charge is 0.254 e. The van der Waals surface area contributed by atoms with Gasteiger partial charge in [-0.1, -0.05) is 36.0 Å². The minimum atomic E-state index is 0.0549. The van der Waals surface area contributed by atoms with E-state index >= 15 is 0 Å². The highest BCUT2D eigenvalue weighted by Gasteiger charge is 2.14. The van der Waals surface area contributed by atoms with Crippen LogP contribution >= 0.6 is 11.8 Å². The number of benzene rings is 1. The molecule has 1 aromatic carbocycles. The summed E-state index contributed by atoms with van der Waals surface area (Å²) in [5, 5.41) is 0.971. The molecule has 0 aliphatic carbocycles. The van der Waals surface area contributed by atoms with Gasteiger partial charge < -0.3 is 9.47 Å². The summed E-state index contributed by atoms with van der Waals surface area (Å²) in [6, 6.07) is 7.83. The topological polar surface area (TPSA) is 38.1 Å². The van der Waals surface area contributed by atoms with Crippen LogP contribution in [0.5, 0.6) is 0 Å². The minimum absolute atomic E-state index is 0.0549. The molecule has 0 bridgehead atoms. The third-order valence-electron chi connectivity index (χ3n) is 3.45. The zero-order valence-corrected chi connectivity index (χ0v) is 14.8. The highest BCUT2D eigenvalue weighted by atomic mass is 32.2. The summed E-state index contributed by atoms with van der Waals surface area (Å²) in [5.41, 5.74) is 2.84. The van der Waals surface area contributed by atoms with Crippen LogP contribution < -0.4 is 0 Å². The summed E-state index contributed by atoms with van der Waals surface area (Å²) in [5.74, 6) is 0.845. The molecule has 0 radical (unpaired) electrons. The maximum absolute atomic E-state index is 12.6. The first-order valence-corrected chi connectivity index (χ1v) is 8.62. The molecule has 0 N–H and O–H groups in total. The number of hydrogen-bond acceptors (Lipinski definition) is 3. The zero-order valence-electron chi connectivity index (χ0n) is 14.0. The van der Waals surface area contributed by atoms with Crippen molar-refractivity contribution in [2.45, 2.75) is 24.8 Å². The molecule has 122 valence electrons. The fraction of sp³-hybridized carbons (Fsp3) is 0.333. The van der Waals surface area contributed by atoms with Crippen LogP contribution in [-0.2, 0) is 12.8 Å². The Labute approximate surface area is 142 Å². The second-order valence-corrected chi connectivity index (χ2v) is 6.53. The summed E-state index contributed by atoms with van der Waals surface area (Å²) in [4.78, 5) is 18.7. The number of rotatable bonds is 7. The molecule has 1 heterocycles. The molecule has 0 atom stereocenters. The predicted octanol–water partition coefficient (Wildman–Crippen LogP) is 3.75. The molecule has 0 saturated heterocycles. The van der Waals surface area contributed by atoms with Gasteiger partial charge in [0, 0.05) is 43.8 Å². The molecule has 0 aliphatic rings. The van der Waals surface area contributed by atoms with Crippen LogP contribution in [0.2, 0.25) is 0 Å². The van der Waals surface area contributed by atoms with Crippen molar-refractivity contribution < 1.29 is 4.79 Å². The van der Waals surface area contributed by atoms with Gasteiger partial charge in [-0.25, -0.2) is 4.98 Å². The van der Waals surface area contributed by atoms with Crippen LogP contribution in [0.4, 0.5) is 0 Å². The summed E-state index contributed by atoms with van der Waals surface area (Å²) < 4.78 is 1.99. The van der Waals surface area contributed by atoms with Gasteiger partial charge in [0.2, 0.25) is 0 Å². The largest absolute Gasteiger partial charge is 0.335 e. The van der Waals surface area contributed by atoms with E-state index in [1.165, 1.54) is 0 Å². The molecule has 2 aromatic rings. The van der Waals surface area contributed by atoms with Gasteiger partial charge in [0.15, 0.2) is 5.16 Å². The molecule has 0 aliphatic heterocycles. The molecule has 4 nitrogen and oxygen atoms in total. The first-order valence-electron chi connectivity index (χ1n) is 7.64. The quantitative estimate of drug-likeness (QED) is 0.573. The Balaban J connectivity index is 2.08. The molecule has 0 unspecified atom stereocenters. The average Bonchev–Trinajstić information content (AvgIpc) is 2.95. The van der Waals surface area contributed by atoms with Crippen molar-refractivity contribution in [1.29, 1.82) is 0 Å². The van der Waals surface area contributed by atoms with E-state index in [9.17, 15) is 4.79 Å². The SMILES string of the molecule is C=C(C)CN(CC)C(=O)c1cccc(CSc2nccn2C)c1. The van der Waals surface area contributed by atoms with E-state index in [0.29, 0.717) is 13.1 Å². The van der Waals surface area contributed by atoms with Crippen molar-refractivity contribution in [1.82, 2.24) is 14.5 Å². The number of thioether (sulfide) groups is 1. The summed E-state index contributed by atoms with van der Waals surface area (Å²) >= 11 is 1.66. The highest BCUT2D eigenvalue weighted by Crippen LogP contribution is 2.21. The average molecular weight is 329 g/mol. The Morgan fingerprint density at radius 3 is 2.83 bits per heavy atom. The van der Waals surface area contributed by atoms with Gasteiger partial charge in [0.05, 0.1) is 0 Å². The molecule has 0 fully saturated rings. The number of imidazole rings is 1. The summed E-state index contributed by atoms with van der Waals surface area (Å²) in [6.45, 7) is 9.10. The van der Waals surface area contributed by atoms with Crippen molar-refractivity contribution in [2.24, 2.45) is 7.05 Å². The number of nitrogens with zero attached hydrogens (tertiary/aromatic N) is 3. The number of aromatic nitrogens is 2. The number of hydrogen-bond donors (Lipinski definition) is 0. The first kappa shape index (κ1) is 17.3. The van der Waals surface area contributed by atoms with Crippen molar-refractivity contribution in [2.75, 3.05) is 13.1 Å². The Hall–Kier alpha value is -2.01. The van der Waals surface area contributed by atoms with E-state index in [-0.39, 0.29) is 5.91 Å². The molecule has 0 spiro atoms. The Morgan fingerprint density at radius 1 is 1.43 bits per heavy atom. The van der Waals surface area contributed by atoms with Gasteiger partial charge in [-0.3, -0.25) is 4.79 Å². The maximum atomic E-state index is 12.6. The molecular weight excluding hydrogens is 306 g/mol. The lowest BCUT2D eigenvalue weighted by Gasteiger charge is -2.21. The van der Waals surface area contributed by atoms with E-state index in [4.69, 9.17) is 0 Å². The standard InChI is InChI=1S/C18H23N3OS/c1-5-21(12-14(2)3)17(22)16-8-6-7-15(11-16)13-23-18-19-9-10-20(18)4/h6-11H,2,5,12-13H2,1,3-4H3. The molecule has 2 rings (SSSR count). The fourth-order valence-corrected chi connectivity index (χ4v) is 3.14. The lowest BCUT2D eigenvalue weighted by atomic mass is 10.1. The van der Waals surface area contributed by atoms with E-state index in [1.807, 2.05) is 60.8 Å². The third-order valence-corrected chi connectivity index (χ3v) is 4.58. The number of likely N-dealkylation sites (N-methyl/N-ethyl adjacent to an activating group) is 1. The predicted molar refractivity (Wildman–Crippen MR) is 95.6 cm³/mol. The van der Waals surface area contributed by atoms with Crippen LogP contribution in [0.15, 0.2) is 54.0 Å². The van der Waals surface area contributed by atoms with Gasteiger partial charge in [-0.2, -0.15) is 0 Å². The Kier molecular flexibility index (Phi) is 6.04. The number of carbonyl (C=O) groups is 1. The van der Waals surface area contributed by atoms with E-state index in [2.05, 4.69) is 11.6 Å². The fourth-order valence-electron chi connectivity index (χ4n) is 2.27. The molecule has 0 saturated carbocycles. The highest BCUT2D eigenvalue weighted by molar-refractivity contribution is 7.98. The second-order valence-electron chi connectivity index (χ2n) is 5.59. The number of aryl methyl sites for hydroxylation is 1. The minimum Gasteiger partial charge on any atom is -0.335 e. The van der Waals surface area contributed by atoms with Gasteiger partial charge in [-0.15, -0.1) is 0 Å². The van der Waals surface area contributed by atoms with Crippen LogP contribution in [0.1, 0.15) is 29.8 Å². The number of amides is 1. The van der Waals surface area contributed by atoms with Crippen molar-refractivity contribution in [3.63, 3.8) is 0 Å². The van der Waals surface area contributed by atoms with E-state index in [1.54, 1.807) is 18.0 Å². The normalized spacial score (nSPS) is 10.6. The zero-order chi connectivity index (χ0) is 16.8. The van der Waals surface area contributed by atoms with Gasteiger partial charge >= 0.3 is 0 Å². The molecule has 1 amide bonds. The van der Waals surface area contributed by atoms with Crippen LogP contribution in [0.25, 0.3) is 0 Å². The van der Waals surface area contributed by atoms with Crippen LogP contribution in [0, 0.1) is 0 Å². The maximum Gasteiger partial charge on any atom is 0.254 e. The van der Waals surface area contributed by atoms with Crippen molar-refractivity contribution in [3.8, 4) is 0 Å². The van der Waals surface area contributed by atoms with Crippen molar-refractivity contribution >= 4 is 17.7 Å². The lowest BCUT2D eigenvalue weighted by molar-refractivity contribution is 0.0778. The summed E-state index contributed by atoms with van der Waals surface area (Å²) in [7, 11) is 1.98. The molecule has 23 heavy (non-hydrogen) atoms. The first-order chi connectivity index (χ1) is 11.0. The van der Waals surface area contributed by atoms with Gasteiger partial charge in [0.25, 0.3) is 5.91 Å². The van der Waals surface area contributed by atoms with Gasteiger partial charge in [0.1, 0.15) is 0 Å². The third kappa shape index (κ3) is 4.73. The Morgan fingerprint density at radius 2 is 2.22 bits per heavy atom. The van der Waals surface area contributed by atoms with Gasteiger partial charge in [-0.05, 0) is 31.5 Å². The van der Waals surface area contributed by atoms with E-state index < -0.39 is 0 Å². The molecule has 1 aromatic heterocycles. The second kappa shape index (κ2) is 8.02. The monoisotopic (exact) mass is 329 g/mol. The molecular formula is C18H23N3OS. The van der Waals surface area contributed by atoms with Crippen molar-refractivity contribution in [3.05, 3.63) is 59.9 Å². The van der Waals surface area contributed by atoms with E-state index in [0.717, 1.165) is 27.6 Å². The van der Waals surface area contributed by atoms with Crippen LogP contribution in [0.3, 0.4) is 0 Å². The lowest BCUT2D eigenvalue weighted by Crippen LogP contribution is -2.32. The molecule has 5 heteroatoms. The Bertz CT molecular complexity index is 693. The van der Waals surface area contributed by atoms with Crippen LogP contribution in [-0.4, -0.2) is 33.4 Å².